The minimum absolute atomic E-state index is 0.0635. The highest BCUT2D eigenvalue weighted by Gasteiger charge is 2.30. The molecule has 2 N–H and O–H groups in total. The number of fused-ring (bicyclic) bond motifs is 1. The highest BCUT2D eigenvalue weighted by Crippen LogP contribution is 2.46. The van der Waals surface area contributed by atoms with Crippen LogP contribution in [-0.2, 0) is 13.0 Å². The third-order valence-corrected chi connectivity index (χ3v) is 7.53. The third-order valence-electron chi connectivity index (χ3n) is 6.18. The number of aromatic nitrogens is 6. The van der Waals surface area contributed by atoms with Crippen LogP contribution in [0.2, 0.25) is 0 Å². The molecule has 8 nitrogen and oxygen atoms in total. The SMILES string of the molecule is CC.CS.Cc1nc(-c2cn[nH]c2C(=O)NC2CCn3nc(-c4ccc(F)cc4)nc3C2)sc1C1CC1. The summed E-state index contributed by atoms with van der Waals surface area (Å²) in [5.74, 6) is 1.51. The molecule has 1 atom stereocenters. The van der Waals surface area contributed by atoms with Gasteiger partial charge < -0.3 is 5.32 Å². The molecule has 11 heteroatoms. The average Bonchev–Trinajstić information content (AvgIpc) is 3.30. The molecular formula is C26H32FN7OS2. The zero-order valence-corrected chi connectivity index (χ0v) is 23.2. The second kappa shape index (κ2) is 12.0. The summed E-state index contributed by atoms with van der Waals surface area (Å²) >= 11 is 5.19. The van der Waals surface area contributed by atoms with E-state index in [-0.39, 0.29) is 17.8 Å². The topological polar surface area (TPSA) is 101 Å². The van der Waals surface area contributed by atoms with Crippen molar-refractivity contribution in [3.8, 4) is 22.0 Å². The first kappa shape index (κ1) is 27.0. The van der Waals surface area contributed by atoms with Gasteiger partial charge in [-0.05, 0) is 62.6 Å². The van der Waals surface area contributed by atoms with Gasteiger partial charge in [-0.2, -0.15) is 22.8 Å². The Kier molecular flexibility index (Phi) is 8.75. The number of H-pyrrole nitrogens is 1. The second-order valence-corrected chi connectivity index (χ2v) is 9.68. The molecule has 1 unspecified atom stereocenters. The maximum atomic E-state index is 13.2. The number of aromatic amines is 1. The van der Waals surface area contributed by atoms with Crippen LogP contribution in [0.1, 0.15) is 65.9 Å². The Balaban J connectivity index is 0.000000765. The summed E-state index contributed by atoms with van der Waals surface area (Å²) in [5.41, 5.74) is 2.99. The molecule has 4 heterocycles. The van der Waals surface area contributed by atoms with E-state index in [1.807, 2.05) is 25.5 Å². The van der Waals surface area contributed by atoms with Crippen molar-refractivity contribution >= 4 is 29.9 Å². The first-order chi connectivity index (χ1) is 18.0. The van der Waals surface area contributed by atoms with Crippen molar-refractivity contribution in [3.05, 3.63) is 58.4 Å². The molecule has 2 aliphatic rings. The van der Waals surface area contributed by atoms with Gasteiger partial charge in [0.1, 0.15) is 22.3 Å². The minimum Gasteiger partial charge on any atom is -0.347 e. The van der Waals surface area contributed by atoms with Gasteiger partial charge in [0.2, 0.25) is 0 Å². The summed E-state index contributed by atoms with van der Waals surface area (Å²) < 4.78 is 15.1. The number of carbonyl (C=O) groups excluding carboxylic acids is 1. The number of hydrogen-bond acceptors (Lipinski definition) is 7. The molecule has 3 aromatic heterocycles. The van der Waals surface area contributed by atoms with Crippen LogP contribution in [0.4, 0.5) is 4.39 Å². The molecule has 0 spiro atoms. The maximum Gasteiger partial charge on any atom is 0.270 e. The molecule has 1 fully saturated rings. The highest BCUT2D eigenvalue weighted by molar-refractivity contribution is 7.79. The molecule has 6 rings (SSSR count). The Labute approximate surface area is 225 Å². The predicted molar refractivity (Wildman–Crippen MR) is 148 cm³/mol. The van der Waals surface area contributed by atoms with E-state index in [1.165, 1.54) is 29.9 Å². The molecule has 1 amide bonds. The average molecular weight is 542 g/mol. The number of thiazole rings is 1. The molecule has 1 aromatic carbocycles. The van der Waals surface area contributed by atoms with Crippen LogP contribution in [0.5, 0.6) is 0 Å². The van der Waals surface area contributed by atoms with Crippen LogP contribution in [0.15, 0.2) is 30.5 Å². The Morgan fingerprint density at radius 3 is 2.59 bits per heavy atom. The number of benzene rings is 1. The number of aryl methyl sites for hydroxylation is 2. The number of rotatable bonds is 5. The van der Waals surface area contributed by atoms with Crippen molar-refractivity contribution in [2.24, 2.45) is 0 Å². The number of thiol groups is 1. The first-order valence-corrected chi connectivity index (χ1v) is 14.2. The fourth-order valence-corrected chi connectivity index (χ4v) is 5.53. The van der Waals surface area contributed by atoms with Crippen molar-refractivity contribution in [2.75, 3.05) is 6.26 Å². The van der Waals surface area contributed by atoms with Gasteiger partial charge in [0, 0.05) is 29.4 Å². The quantitative estimate of drug-likeness (QED) is 0.292. The number of halogens is 1. The lowest BCUT2D eigenvalue weighted by Crippen LogP contribution is -2.40. The van der Waals surface area contributed by atoms with Gasteiger partial charge in [0.15, 0.2) is 5.82 Å². The number of amides is 1. The van der Waals surface area contributed by atoms with Crippen LogP contribution < -0.4 is 5.32 Å². The lowest BCUT2D eigenvalue weighted by Gasteiger charge is -2.23. The fraction of sp³-hybridized carbons (Fsp3) is 0.423. The molecule has 1 saturated carbocycles. The van der Waals surface area contributed by atoms with Gasteiger partial charge in [0.25, 0.3) is 5.91 Å². The smallest absolute Gasteiger partial charge is 0.270 e. The summed E-state index contributed by atoms with van der Waals surface area (Å²) in [4.78, 5) is 23.7. The Hall–Kier alpha value is -3.05. The summed E-state index contributed by atoms with van der Waals surface area (Å²) in [6.45, 7) is 6.69. The molecule has 1 aliphatic carbocycles. The van der Waals surface area contributed by atoms with Crippen molar-refractivity contribution in [3.63, 3.8) is 0 Å². The van der Waals surface area contributed by atoms with Gasteiger partial charge >= 0.3 is 0 Å². The Morgan fingerprint density at radius 2 is 1.89 bits per heavy atom. The molecule has 4 aromatic rings. The van der Waals surface area contributed by atoms with E-state index in [9.17, 15) is 9.18 Å². The van der Waals surface area contributed by atoms with Gasteiger partial charge in [-0.1, -0.05) is 13.8 Å². The maximum absolute atomic E-state index is 13.2. The van der Waals surface area contributed by atoms with Gasteiger partial charge in [-0.3, -0.25) is 9.89 Å². The van der Waals surface area contributed by atoms with Gasteiger partial charge in [-0.15, -0.1) is 11.3 Å². The molecule has 0 radical (unpaired) electrons. The van der Waals surface area contributed by atoms with Crippen LogP contribution >= 0.6 is 24.0 Å². The predicted octanol–water partition coefficient (Wildman–Crippen LogP) is 5.43. The highest BCUT2D eigenvalue weighted by atomic mass is 32.1. The second-order valence-electron chi connectivity index (χ2n) is 8.65. The third kappa shape index (κ3) is 5.93. The summed E-state index contributed by atoms with van der Waals surface area (Å²) in [5, 5.41) is 15.5. The van der Waals surface area contributed by atoms with E-state index in [2.05, 4.69) is 38.2 Å². The van der Waals surface area contributed by atoms with Crippen molar-refractivity contribution in [1.82, 2.24) is 35.3 Å². The fourth-order valence-electron chi connectivity index (χ4n) is 4.28. The summed E-state index contributed by atoms with van der Waals surface area (Å²) in [6, 6.07) is 6.08. The van der Waals surface area contributed by atoms with Crippen LogP contribution in [0.25, 0.3) is 22.0 Å². The van der Waals surface area contributed by atoms with Crippen molar-refractivity contribution in [2.45, 2.75) is 65.0 Å². The van der Waals surface area contributed by atoms with Crippen molar-refractivity contribution in [1.29, 1.82) is 0 Å². The van der Waals surface area contributed by atoms with E-state index in [1.54, 1.807) is 35.9 Å². The number of nitrogens with zero attached hydrogens (tertiary/aromatic N) is 5. The number of nitrogens with one attached hydrogen (secondary N) is 2. The number of carbonyl (C=O) groups is 1. The molecular weight excluding hydrogens is 509 g/mol. The van der Waals surface area contributed by atoms with Gasteiger partial charge in [-0.25, -0.2) is 19.0 Å². The lowest BCUT2D eigenvalue weighted by atomic mass is 10.1. The van der Waals surface area contributed by atoms with Crippen LogP contribution in [0.3, 0.4) is 0 Å². The molecule has 0 bridgehead atoms. The summed E-state index contributed by atoms with van der Waals surface area (Å²) in [6.07, 6.45) is 7.13. The molecule has 196 valence electrons. The zero-order chi connectivity index (χ0) is 26.5. The number of hydrogen-bond donors (Lipinski definition) is 3. The molecule has 37 heavy (non-hydrogen) atoms. The van der Waals surface area contributed by atoms with Crippen molar-refractivity contribution < 1.29 is 9.18 Å². The minimum atomic E-state index is -0.291. The molecule has 0 saturated heterocycles. The van der Waals surface area contributed by atoms with E-state index in [0.717, 1.165) is 34.1 Å². The van der Waals surface area contributed by atoms with Gasteiger partial charge in [0.05, 0.1) is 17.5 Å². The lowest BCUT2D eigenvalue weighted by molar-refractivity contribution is 0.0925. The largest absolute Gasteiger partial charge is 0.347 e. The standard InChI is InChI=1S/C23H22FN7OS.C2H6.CH4S/c1-12-20(13-2-3-13)33-23(26-12)17-11-25-29-19(17)22(32)27-16-8-9-31-18(10-16)28-21(30-31)14-4-6-15(24)7-5-14;2*1-2/h4-7,11,13,16H,2-3,8-10H2,1H3,(H,25,29)(H,27,32);1-2H3;2H,1H3. The molecule has 1 aliphatic heterocycles. The summed E-state index contributed by atoms with van der Waals surface area (Å²) in [7, 11) is 0. The van der Waals surface area contributed by atoms with E-state index >= 15 is 0 Å². The zero-order valence-electron chi connectivity index (χ0n) is 21.5. The normalized spacial score (nSPS) is 16.1. The van der Waals surface area contributed by atoms with E-state index < -0.39 is 0 Å². The monoisotopic (exact) mass is 541 g/mol. The van der Waals surface area contributed by atoms with Crippen LogP contribution in [-0.4, -0.2) is 48.2 Å². The van der Waals surface area contributed by atoms with E-state index in [4.69, 9.17) is 4.98 Å². The first-order valence-electron chi connectivity index (χ1n) is 12.5. The van der Waals surface area contributed by atoms with Crippen LogP contribution in [0, 0.1) is 12.7 Å². The van der Waals surface area contributed by atoms with E-state index in [0.29, 0.717) is 30.4 Å². The Morgan fingerprint density at radius 1 is 1.16 bits per heavy atom. The Bertz CT molecular complexity index is 1340.